The quantitative estimate of drug-likeness (QED) is 0.00862. The summed E-state index contributed by atoms with van der Waals surface area (Å²) in [4.78, 5) is 190. The number of unbranched alkanes of at least 4 members (excludes halogenated alkanes) is 2. The van der Waals surface area contributed by atoms with Gasteiger partial charge in [0.2, 0.25) is 70.9 Å². The van der Waals surface area contributed by atoms with Gasteiger partial charge in [-0.05, 0) is 93.7 Å². The van der Waals surface area contributed by atoms with Gasteiger partial charge in [0.1, 0.15) is 48.3 Å². The van der Waals surface area contributed by atoms with Gasteiger partial charge in [-0.2, -0.15) is 0 Å². The molecule has 5 unspecified atom stereocenters. The van der Waals surface area contributed by atoms with Gasteiger partial charge in [-0.15, -0.1) is 0 Å². The molecular weight excluding hydrogens is 1350 g/mol. The molecule has 2 saturated heterocycles. The molecule has 25 N–H and O–H groups in total. The van der Waals surface area contributed by atoms with Crippen LogP contribution in [0.2, 0.25) is 0 Å². The summed E-state index contributed by atoms with van der Waals surface area (Å²) in [6.45, 7) is -1.13. The minimum Gasteiger partial charge on any atom is -0.481 e. The third kappa shape index (κ3) is 32.4. The number of carboxylic acid groups (broad SMARTS) is 1. The Balaban J connectivity index is 1.29. The lowest BCUT2D eigenvalue weighted by Gasteiger charge is -2.26. The number of hydrogen-bond donors (Lipinski definition) is 20. The zero-order valence-electron chi connectivity index (χ0n) is 58.0. The summed E-state index contributed by atoms with van der Waals surface area (Å²) in [7, 11) is 0. The van der Waals surface area contributed by atoms with Gasteiger partial charge < -0.3 is 103 Å². The van der Waals surface area contributed by atoms with E-state index >= 15 is 0 Å². The Bertz CT molecular complexity index is 3380. The van der Waals surface area contributed by atoms with Crippen molar-refractivity contribution in [1.82, 2.24) is 69.1 Å². The van der Waals surface area contributed by atoms with E-state index in [-0.39, 0.29) is 141 Å². The first-order valence-electron chi connectivity index (χ1n) is 34.6. The molecule has 0 aliphatic carbocycles. The van der Waals surface area contributed by atoms with Crippen molar-refractivity contribution in [2.24, 2.45) is 38.7 Å². The van der Waals surface area contributed by atoms with Crippen molar-refractivity contribution < 1.29 is 77.6 Å². The van der Waals surface area contributed by atoms with Crippen molar-refractivity contribution in [3.63, 3.8) is 0 Å². The van der Waals surface area contributed by atoms with E-state index in [4.69, 9.17) is 33.9 Å². The highest BCUT2D eigenvalue weighted by Crippen LogP contribution is 2.14. The van der Waals surface area contributed by atoms with Crippen LogP contribution in [-0.4, -0.2) is 212 Å². The number of rotatable bonds is 35. The molecule has 36 heteroatoms. The minimum absolute atomic E-state index is 0.0113. The van der Waals surface area contributed by atoms with E-state index in [0.717, 1.165) is 5.56 Å². The summed E-state index contributed by atoms with van der Waals surface area (Å²) >= 11 is 0. The average Bonchev–Trinajstić information content (AvgIpc) is 1.28. The zero-order chi connectivity index (χ0) is 75.8. The SMILES string of the molecule is NC(N)=NCCCC1NC(=O)C(CCCCNC(=O)CCC(NC(=O)[C@@H](N)Cc2ccccc2)C(=O)NCCCC[C@@H]2NC(=O)C(Cc3ccccc3)NC(=O)[C@H](CC(=O)O)NC(=O)CNC[C@H](CCCN=C(N)N)NC2=O)NC(=O)[C@@H](Cc2ccccc2)NC(=O)C(CCOO)NC(=O)CNC1=O. The molecule has 0 bridgehead atoms. The van der Waals surface area contributed by atoms with E-state index in [1.165, 1.54) is 0 Å². The summed E-state index contributed by atoms with van der Waals surface area (Å²) in [5.41, 5.74) is 30.4. The van der Waals surface area contributed by atoms with Gasteiger partial charge in [0, 0.05) is 64.4 Å². The van der Waals surface area contributed by atoms with Crippen LogP contribution < -0.4 is 97.8 Å². The maximum Gasteiger partial charge on any atom is 0.305 e. The van der Waals surface area contributed by atoms with E-state index in [1.54, 1.807) is 91.0 Å². The monoisotopic (exact) mass is 1450 g/mol. The van der Waals surface area contributed by atoms with E-state index in [0.29, 0.717) is 24.0 Å². The van der Waals surface area contributed by atoms with E-state index in [9.17, 15) is 67.4 Å². The first-order chi connectivity index (χ1) is 49.9. The van der Waals surface area contributed by atoms with Gasteiger partial charge in [0.05, 0.1) is 32.2 Å². The number of hydrogen-bond acceptors (Lipinski definition) is 19. The molecule has 0 aromatic heterocycles. The lowest BCUT2D eigenvalue weighted by Crippen LogP contribution is -2.58. The second-order valence-electron chi connectivity index (χ2n) is 25.1. The van der Waals surface area contributed by atoms with Gasteiger partial charge in [-0.3, -0.25) is 77.6 Å². The second-order valence-corrected chi connectivity index (χ2v) is 25.1. The fourth-order valence-electron chi connectivity index (χ4n) is 11.2. The van der Waals surface area contributed by atoms with Gasteiger partial charge in [0.15, 0.2) is 11.9 Å². The molecule has 36 nitrogen and oxygen atoms in total. The number of nitrogens with one attached hydrogen (secondary N) is 13. The minimum atomic E-state index is -1.58. The highest BCUT2D eigenvalue weighted by atomic mass is 17.1. The Morgan fingerprint density at radius 1 is 0.500 bits per heavy atom. The molecule has 2 heterocycles. The summed E-state index contributed by atoms with van der Waals surface area (Å²) in [6, 6.07) is 13.5. The number of carbonyl (C=O) groups excluding carboxylic acids is 12. The molecule has 0 saturated carbocycles. The van der Waals surface area contributed by atoms with Gasteiger partial charge in [0.25, 0.3) is 0 Å². The highest BCUT2D eigenvalue weighted by molar-refractivity contribution is 5.98. The Kier molecular flexibility index (Phi) is 37.0. The number of aliphatic carboxylic acids is 1. The fourth-order valence-corrected chi connectivity index (χ4v) is 11.2. The molecule has 104 heavy (non-hydrogen) atoms. The van der Waals surface area contributed by atoms with Crippen LogP contribution in [0.1, 0.15) is 107 Å². The van der Waals surface area contributed by atoms with Crippen LogP contribution in [0.4, 0.5) is 0 Å². The van der Waals surface area contributed by atoms with Crippen LogP contribution in [-0.2, 0) is 86.5 Å². The topological polar surface area (TPSA) is 583 Å². The maximum atomic E-state index is 14.4. The zero-order valence-corrected chi connectivity index (χ0v) is 58.0. The number of nitrogens with zero attached hydrogens (tertiary/aromatic N) is 2. The van der Waals surface area contributed by atoms with E-state index < -0.39 is 157 Å². The van der Waals surface area contributed by atoms with Gasteiger partial charge >= 0.3 is 5.97 Å². The van der Waals surface area contributed by atoms with Crippen molar-refractivity contribution in [3.05, 3.63) is 108 Å². The number of guanidine groups is 2. The first kappa shape index (κ1) is 83.8. The van der Waals surface area contributed by atoms with Crippen molar-refractivity contribution in [3.8, 4) is 0 Å². The van der Waals surface area contributed by atoms with Crippen molar-refractivity contribution in [2.45, 2.75) is 170 Å². The fraction of sp³-hybridized carbons (Fsp3) is 0.515. The Morgan fingerprint density at radius 3 is 1.47 bits per heavy atom. The molecule has 10 atom stereocenters. The molecule has 0 spiro atoms. The Morgan fingerprint density at radius 2 is 0.942 bits per heavy atom. The standard InChI is InChI=1S/C68H100N20O16/c69-45(34-41-16-4-1-5-17-41)58(94)83-49(59(95)76-30-13-11-23-47-61(97)80-44(22-14-31-77-67(70)71)38-74-39-55(90)82-53(37-57(92)93)66(102)88-52(65(101)85-47)36-43-20-8-3-9-21-43)26-27-54(89)75-29-12-10-24-48-62(98)84-46(25-15-32-78-68(72)73)60(96)79-40-56(91)81-50(28-33-104-103)63(99)87-51(64(100)86-48)35-42-18-6-2-7-19-42/h1-9,16-21,44-53,74,103H,10-15,22-40,69H2,(H,75,89)(H,76,95)(H,79,96)(H,80,97)(H,81,91)(H,82,90)(H,83,94)(H,84,98)(H,85,101)(H,86,100)(H,87,99)(H,88,102)(H,92,93)(H4,70,71,77)(H4,72,73,78)/t44-,45-,46?,47-,48?,49?,50?,51+,52?,53-/m0/s1. The van der Waals surface area contributed by atoms with Crippen LogP contribution in [0.5, 0.6) is 0 Å². The summed E-state index contributed by atoms with van der Waals surface area (Å²) < 4.78 is 0. The Labute approximate surface area is 601 Å². The van der Waals surface area contributed by atoms with Crippen molar-refractivity contribution in [1.29, 1.82) is 0 Å². The normalized spacial score (nSPS) is 20.9. The van der Waals surface area contributed by atoms with Crippen LogP contribution >= 0.6 is 0 Å². The summed E-state index contributed by atoms with van der Waals surface area (Å²) in [5, 5.41) is 53.7. The lowest BCUT2D eigenvalue weighted by atomic mass is 10.0. The molecule has 568 valence electrons. The van der Waals surface area contributed by atoms with Crippen molar-refractivity contribution in [2.75, 3.05) is 52.4 Å². The Hall–Kier alpha value is -10.9. The molecular formula is C68H100N20O16. The smallest absolute Gasteiger partial charge is 0.305 e. The number of aliphatic imine (C=N–C) groups is 2. The van der Waals surface area contributed by atoms with Crippen LogP contribution in [0.3, 0.4) is 0 Å². The summed E-state index contributed by atoms with van der Waals surface area (Å²) in [6.07, 6.45) is -0.0549. The molecule has 0 radical (unpaired) electrons. The molecule has 3 aromatic rings. The van der Waals surface area contributed by atoms with Crippen LogP contribution in [0.15, 0.2) is 101 Å². The molecule has 3 aromatic carbocycles. The third-order valence-corrected chi connectivity index (χ3v) is 16.7. The van der Waals surface area contributed by atoms with Crippen molar-refractivity contribution >= 4 is 88.8 Å². The van der Waals surface area contributed by atoms with Gasteiger partial charge in [-0.25, -0.2) is 4.89 Å². The number of nitrogens with two attached hydrogens (primary N) is 5. The molecule has 12 amide bonds. The van der Waals surface area contributed by atoms with Crippen LogP contribution in [0, 0.1) is 0 Å². The maximum absolute atomic E-state index is 14.4. The highest BCUT2D eigenvalue weighted by Gasteiger charge is 2.35. The predicted molar refractivity (Wildman–Crippen MR) is 380 cm³/mol. The third-order valence-electron chi connectivity index (χ3n) is 16.7. The predicted octanol–water partition coefficient (Wildman–Crippen LogP) is -5.05. The molecule has 2 aliphatic heterocycles. The van der Waals surface area contributed by atoms with E-state index in [1.807, 2.05) is 0 Å². The number of benzene rings is 3. The molecule has 2 fully saturated rings. The number of carboxylic acids is 1. The van der Waals surface area contributed by atoms with Crippen LogP contribution in [0.25, 0.3) is 0 Å². The lowest BCUT2D eigenvalue weighted by molar-refractivity contribution is -0.243. The van der Waals surface area contributed by atoms with Gasteiger partial charge in [-0.1, -0.05) is 91.0 Å². The molecule has 2 aliphatic rings. The summed E-state index contributed by atoms with van der Waals surface area (Å²) in [5.74, 6) is -10.8. The molecule has 5 rings (SSSR count). The second kappa shape index (κ2) is 45.9. The number of carbonyl (C=O) groups is 13. The van der Waals surface area contributed by atoms with E-state index in [2.05, 4.69) is 84.0 Å². The largest absolute Gasteiger partial charge is 0.481 e. The average molecular weight is 1450 g/mol. The first-order valence-corrected chi connectivity index (χ1v) is 34.6. The number of amides is 12.